The number of hydrogen-bond acceptors (Lipinski definition) is 1. The van der Waals surface area contributed by atoms with Crippen molar-refractivity contribution in [3.05, 3.63) is 33.8 Å². The molecule has 1 aliphatic rings. The van der Waals surface area contributed by atoms with E-state index in [-0.39, 0.29) is 0 Å². The van der Waals surface area contributed by atoms with Gasteiger partial charge in [0.05, 0.1) is 0 Å². The molecule has 0 bridgehead atoms. The molecule has 19 heavy (non-hydrogen) atoms. The van der Waals surface area contributed by atoms with Crippen molar-refractivity contribution in [3.63, 3.8) is 0 Å². The molecular formula is C16H23Cl2N. The lowest BCUT2D eigenvalue weighted by molar-refractivity contribution is 0.180. The number of nitrogens with one attached hydrogen (secondary N) is 1. The molecule has 3 atom stereocenters. The number of rotatable bonds is 3. The summed E-state index contributed by atoms with van der Waals surface area (Å²) in [5, 5.41) is 4.94. The van der Waals surface area contributed by atoms with Gasteiger partial charge in [-0.2, -0.15) is 0 Å². The standard InChI is InChI=1S/C16H23Cl2N/c1-10-6-11(2)8-12(7-10)16(19-3)14-5-4-13(17)9-15(14)18/h4-5,9-12,16,19H,6-8H2,1-3H3. The summed E-state index contributed by atoms with van der Waals surface area (Å²) in [7, 11) is 2.03. The molecule has 2 rings (SSSR count). The Morgan fingerprint density at radius 2 is 1.74 bits per heavy atom. The average molecular weight is 300 g/mol. The molecule has 0 heterocycles. The number of benzene rings is 1. The fourth-order valence-corrected chi connectivity index (χ4v) is 4.21. The van der Waals surface area contributed by atoms with Crippen LogP contribution in [0.3, 0.4) is 0 Å². The van der Waals surface area contributed by atoms with E-state index in [2.05, 4.69) is 25.2 Å². The third-order valence-electron chi connectivity index (χ3n) is 4.29. The summed E-state index contributed by atoms with van der Waals surface area (Å²) in [6, 6.07) is 6.17. The minimum absolute atomic E-state index is 0.329. The normalized spacial score (nSPS) is 29.2. The highest BCUT2D eigenvalue weighted by Crippen LogP contribution is 2.41. The first-order valence-electron chi connectivity index (χ1n) is 7.13. The van der Waals surface area contributed by atoms with E-state index in [0.29, 0.717) is 17.0 Å². The molecule has 0 amide bonds. The number of hydrogen-bond donors (Lipinski definition) is 1. The molecule has 0 saturated heterocycles. The van der Waals surface area contributed by atoms with Gasteiger partial charge in [-0.1, -0.05) is 43.1 Å². The summed E-state index contributed by atoms with van der Waals surface area (Å²) in [6.07, 6.45) is 3.89. The third kappa shape index (κ3) is 3.65. The zero-order valence-corrected chi connectivity index (χ0v) is 13.4. The Labute approximate surface area is 126 Å². The molecule has 1 aromatic carbocycles. The third-order valence-corrected chi connectivity index (χ3v) is 4.86. The van der Waals surface area contributed by atoms with E-state index in [1.165, 1.54) is 24.8 Å². The fourth-order valence-electron chi connectivity index (χ4n) is 3.68. The summed E-state index contributed by atoms with van der Waals surface area (Å²) in [5.74, 6) is 2.26. The molecule has 1 aliphatic carbocycles. The van der Waals surface area contributed by atoms with Crippen molar-refractivity contribution in [1.82, 2.24) is 5.32 Å². The first-order chi connectivity index (χ1) is 9.01. The minimum atomic E-state index is 0.329. The maximum absolute atomic E-state index is 6.37. The van der Waals surface area contributed by atoms with Crippen LogP contribution in [0.5, 0.6) is 0 Å². The Hall–Kier alpha value is -0.240. The van der Waals surface area contributed by atoms with Gasteiger partial charge in [-0.05, 0) is 61.8 Å². The molecule has 1 N–H and O–H groups in total. The zero-order valence-electron chi connectivity index (χ0n) is 11.9. The summed E-state index contributed by atoms with van der Waals surface area (Å²) < 4.78 is 0. The largest absolute Gasteiger partial charge is 0.313 e. The molecule has 0 aliphatic heterocycles. The van der Waals surface area contributed by atoms with Gasteiger partial charge in [0.2, 0.25) is 0 Å². The van der Waals surface area contributed by atoms with Crippen LogP contribution in [0.1, 0.15) is 44.7 Å². The Kier molecular flexibility index (Phi) is 5.16. The van der Waals surface area contributed by atoms with E-state index in [0.717, 1.165) is 16.9 Å². The topological polar surface area (TPSA) is 12.0 Å². The van der Waals surface area contributed by atoms with Gasteiger partial charge in [-0.15, -0.1) is 0 Å². The van der Waals surface area contributed by atoms with Gasteiger partial charge < -0.3 is 5.32 Å². The smallest absolute Gasteiger partial charge is 0.0468 e. The summed E-state index contributed by atoms with van der Waals surface area (Å²) in [5.41, 5.74) is 1.18. The van der Waals surface area contributed by atoms with Crippen LogP contribution in [-0.2, 0) is 0 Å². The molecule has 0 radical (unpaired) electrons. The molecular weight excluding hydrogens is 277 g/mol. The molecule has 1 nitrogen and oxygen atoms in total. The van der Waals surface area contributed by atoms with Crippen LogP contribution in [0, 0.1) is 17.8 Å². The van der Waals surface area contributed by atoms with Crippen molar-refractivity contribution in [3.8, 4) is 0 Å². The zero-order chi connectivity index (χ0) is 14.0. The van der Waals surface area contributed by atoms with E-state index in [9.17, 15) is 0 Å². The summed E-state index contributed by atoms with van der Waals surface area (Å²) in [6.45, 7) is 4.72. The predicted octanol–water partition coefficient (Wildman–Crippen LogP) is 5.33. The van der Waals surface area contributed by atoms with E-state index in [4.69, 9.17) is 23.2 Å². The van der Waals surface area contributed by atoms with E-state index < -0.39 is 0 Å². The monoisotopic (exact) mass is 299 g/mol. The van der Waals surface area contributed by atoms with Crippen molar-refractivity contribution in [2.24, 2.45) is 17.8 Å². The highest BCUT2D eigenvalue weighted by molar-refractivity contribution is 6.35. The SMILES string of the molecule is CNC(c1ccc(Cl)cc1Cl)C1CC(C)CC(C)C1. The second-order valence-electron chi connectivity index (χ2n) is 6.11. The lowest BCUT2D eigenvalue weighted by Crippen LogP contribution is -2.31. The second-order valence-corrected chi connectivity index (χ2v) is 6.95. The summed E-state index contributed by atoms with van der Waals surface area (Å²) in [4.78, 5) is 0. The lowest BCUT2D eigenvalue weighted by atomic mass is 9.72. The van der Waals surface area contributed by atoms with Crippen molar-refractivity contribution in [2.45, 2.75) is 39.2 Å². The predicted molar refractivity (Wildman–Crippen MR) is 83.9 cm³/mol. The van der Waals surface area contributed by atoms with Gasteiger partial charge in [0.15, 0.2) is 0 Å². The molecule has 106 valence electrons. The van der Waals surface area contributed by atoms with Crippen molar-refractivity contribution in [2.75, 3.05) is 7.05 Å². The average Bonchev–Trinajstić information content (AvgIpc) is 2.31. The van der Waals surface area contributed by atoms with Crippen molar-refractivity contribution >= 4 is 23.2 Å². The van der Waals surface area contributed by atoms with E-state index >= 15 is 0 Å². The first kappa shape index (κ1) is 15.2. The van der Waals surface area contributed by atoms with Crippen LogP contribution in [0.25, 0.3) is 0 Å². The van der Waals surface area contributed by atoms with Crippen LogP contribution >= 0.6 is 23.2 Å². The van der Waals surface area contributed by atoms with Crippen molar-refractivity contribution < 1.29 is 0 Å². The number of halogens is 2. The van der Waals surface area contributed by atoms with Crippen LogP contribution in [-0.4, -0.2) is 7.05 Å². The molecule has 1 aromatic rings. The van der Waals surface area contributed by atoms with Gasteiger partial charge in [0.25, 0.3) is 0 Å². The lowest BCUT2D eigenvalue weighted by Gasteiger charge is -2.37. The molecule has 1 saturated carbocycles. The molecule has 3 unspecified atom stereocenters. The Morgan fingerprint density at radius 3 is 2.26 bits per heavy atom. The van der Waals surface area contributed by atoms with Gasteiger partial charge in [0, 0.05) is 16.1 Å². The van der Waals surface area contributed by atoms with Crippen molar-refractivity contribution in [1.29, 1.82) is 0 Å². The molecule has 0 spiro atoms. The Bertz CT molecular complexity index is 423. The fraction of sp³-hybridized carbons (Fsp3) is 0.625. The maximum atomic E-state index is 6.37. The molecule has 3 heteroatoms. The van der Waals surface area contributed by atoms with Crippen LogP contribution in [0.2, 0.25) is 10.0 Å². The Balaban J connectivity index is 2.23. The molecule has 1 fully saturated rings. The van der Waals surface area contributed by atoms with E-state index in [1.807, 2.05) is 19.2 Å². The quantitative estimate of drug-likeness (QED) is 0.796. The molecule has 0 aromatic heterocycles. The van der Waals surface area contributed by atoms with Gasteiger partial charge in [-0.25, -0.2) is 0 Å². The van der Waals surface area contributed by atoms with Gasteiger partial charge in [0.1, 0.15) is 0 Å². The second kappa shape index (κ2) is 6.47. The highest BCUT2D eigenvalue weighted by atomic mass is 35.5. The first-order valence-corrected chi connectivity index (χ1v) is 7.89. The maximum Gasteiger partial charge on any atom is 0.0468 e. The Morgan fingerprint density at radius 1 is 1.11 bits per heavy atom. The van der Waals surface area contributed by atoms with Gasteiger partial charge >= 0.3 is 0 Å². The minimum Gasteiger partial charge on any atom is -0.313 e. The van der Waals surface area contributed by atoms with E-state index in [1.54, 1.807) is 0 Å². The van der Waals surface area contributed by atoms with Crippen LogP contribution in [0.15, 0.2) is 18.2 Å². The highest BCUT2D eigenvalue weighted by Gasteiger charge is 2.31. The van der Waals surface area contributed by atoms with Gasteiger partial charge in [-0.3, -0.25) is 0 Å². The summed E-state index contributed by atoms with van der Waals surface area (Å²) >= 11 is 12.4. The van der Waals surface area contributed by atoms with Crippen LogP contribution in [0.4, 0.5) is 0 Å². The van der Waals surface area contributed by atoms with Crippen LogP contribution < -0.4 is 5.32 Å².